The monoisotopic (exact) mass is 510 g/mol. The molecule has 0 aliphatic heterocycles. The van der Waals surface area contributed by atoms with Crippen LogP contribution in [0.3, 0.4) is 0 Å². The normalized spacial score (nSPS) is 18.4. The highest BCUT2D eigenvalue weighted by atomic mass is 32.2. The molecule has 0 unspecified atom stereocenters. The van der Waals surface area contributed by atoms with Crippen molar-refractivity contribution in [2.45, 2.75) is 56.5 Å². The molecule has 4 aromatic rings. The first-order valence-electron chi connectivity index (χ1n) is 12.0. The van der Waals surface area contributed by atoms with Gasteiger partial charge in [-0.3, -0.25) is 5.10 Å². The lowest BCUT2D eigenvalue weighted by Gasteiger charge is -2.26. The van der Waals surface area contributed by atoms with Crippen molar-refractivity contribution in [3.05, 3.63) is 48.4 Å². The molecule has 12 heteroatoms. The van der Waals surface area contributed by atoms with E-state index in [0.29, 0.717) is 29.6 Å². The number of nitrogens with one attached hydrogen (secondary N) is 3. The zero-order valence-corrected chi connectivity index (χ0v) is 21.0. The van der Waals surface area contributed by atoms with Crippen molar-refractivity contribution in [1.29, 1.82) is 0 Å². The van der Waals surface area contributed by atoms with Crippen LogP contribution in [0.25, 0.3) is 16.8 Å². The number of hydrogen-bond acceptors (Lipinski definition) is 8. The van der Waals surface area contributed by atoms with E-state index in [1.54, 1.807) is 35.1 Å². The molecule has 1 saturated carbocycles. The van der Waals surface area contributed by atoms with E-state index in [4.69, 9.17) is 10.5 Å². The quantitative estimate of drug-likeness (QED) is 0.282. The number of pyridine rings is 1. The number of nitrogens with two attached hydrogens (primary N) is 1. The van der Waals surface area contributed by atoms with Crippen LogP contribution in [-0.2, 0) is 10.0 Å². The Bertz CT molecular complexity index is 1460. The molecule has 0 saturated heterocycles. The zero-order valence-electron chi connectivity index (χ0n) is 20.2. The van der Waals surface area contributed by atoms with Crippen LogP contribution in [0.1, 0.15) is 38.2 Å². The number of aromatic amines is 1. The van der Waals surface area contributed by atoms with Gasteiger partial charge in [-0.25, -0.2) is 17.7 Å². The molecule has 5 N–H and O–H groups in total. The lowest BCUT2D eigenvalue weighted by Crippen LogP contribution is -2.40. The summed E-state index contributed by atoms with van der Waals surface area (Å²) >= 11 is 0. The number of anilines is 2. The SMILES string of the molecule is CCOc1c(-c2cn[nH]c2)ccn2nc(Nc3ccc(S(=O)(=O)N[C@H]4CC[C@H](N)CC4)cc3C)nc12. The summed E-state index contributed by atoms with van der Waals surface area (Å²) in [6.07, 6.45) is 8.49. The lowest BCUT2D eigenvalue weighted by atomic mass is 9.93. The number of hydrogen-bond donors (Lipinski definition) is 4. The molecule has 0 spiro atoms. The van der Waals surface area contributed by atoms with Crippen LogP contribution in [0.4, 0.5) is 11.6 Å². The second-order valence-electron chi connectivity index (χ2n) is 9.02. The van der Waals surface area contributed by atoms with Crippen LogP contribution < -0.4 is 20.5 Å². The lowest BCUT2D eigenvalue weighted by molar-refractivity contribution is 0.343. The molecule has 1 aliphatic carbocycles. The van der Waals surface area contributed by atoms with Crippen LogP contribution >= 0.6 is 0 Å². The number of rotatable bonds is 8. The summed E-state index contributed by atoms with van der Waals surface area (Å²) < 4.78 is 36.3. The Morgan fingerprint density at radius 3 is 2.72 bits per heavy atom. The Hall–Kier alpha value is -3.48. The molecule has 1 fully saturated rings. The fraction of sp³-hybridized carbons (Fsp3) is 0.375. The Morgan fingerprint density at radius 2 is 2.03 bits per heavy atom. The van der Waals surface area contributed by atoms with E-state index in [1.807, 2.05) is 26.1 Å². The van der Waals surface area contributed by atoms with Gasteiger partial charge in [-0.1, -0.05) is 0 Å². The third-order valence-electron chi connectivity index (χ3n) is 6.41. The number of aryl methyl sites for hydroxylation is 1. The summed E-state index contributed by atoms with van der Waals surface area (Å²) in [6.45, 7) is 4.23. The van der Waals surface area contributed by atoms with Crippen molar-refractivity contribution in [3.8, 4) is 16.9 Å². The fourth-order valence-electron chi connectivity index (χ4n) is 4.48. The topological polar surface area (TPSA) is 152 Å². The number of nitrogens with zero attached hydrogens (tertiary/aromatic N) is 4. The van der Waals surface area contributed by atoms with Crippen molar-refractivity contribution in [3.63, 3.8) is 0 Å². The average Bonchev–Trinajstić information content (AvgIpc) is 3.52. The smallest absolute Gasteiger partial charge is 0.247 e. The largest absolute Gasteiger partial charge is 0.489 e. The van der Waals surface area contributed by atoms with E-state index >= 15 is 0 Å². The Kier molecular flexibility index (Phi) is 6.65. The molecule has 0 atom stereocenters. The van der Waals surface area contributed by atoms with Crippen LogP contribution in [0.2, 0.25) is 0 Å². The highest BCUT2D eigenvalue weighted by Crippen LogP contribution is 2.33. The summed E-state index contributed by atoms with van der Waals surface area (Å²) in [6, 6.07) is 6.95. The number of benzene rings is 1. The van der Waals surface area contributed by atoms with Gasteiger partial charge in [-0.05, 0) is 69.4 Å². The molecular formula is C24H30N8O3S. The Morgan fingerprint density at radius 1 is 1.22 bits per heavy atom. The second kappa shape index (κ2) is 9.88. The molecule has 0 bridgehead atoms. The molecule has 1 aliphatic rings. The predicted octanol–water partition coefficient (Wildman–Crippen LogP) is 3.12. The number of fused-ring (bicyclic) bond motifs is 1. The zero-order chi connectivity index (χ0) is 25.3. The van der Waals surface area contributed by atoms with Gasteiger partial charge in [-0.15, -0.1) is 5.10 Å². The molecule has 1 aromatic carbocycles. The molecule has 36 heavy (non-hydrogen) atoms. The molecule has 5 rings (SSSR count). The minimum Gasteiger partial charge on any atom is -0.489 e. The molecular weight excluding hydrogens is 480 g/mol. The van der Waals surface area contributed by atoms with Gasteiger partial charge in [-0.2, -0.15) is 10.1 Å². The van der Waals surface area contributed by atoms with Crippen molar-refractivity contribution >= 4 is 27.3 Å². The van der Waals surface area contributed by atoms with Crippen molar-refractivity contribution in [2.24, 2.45) is 5.73 Å². The first-order chi connectivity index (χ1) is 17.3. The summed E-state index contributed by atoms with van der Waals surface area (Å²) in [4.78, 5) is 4.87. The van der Waals surface area contributed by atoms with E-state index in [2.05, 4.69) is 30.3 Å². The van der Waals surface area contributed by atoms with E-state index < -0.39 is 10.0 Å². The van der Waals surface area contributed by atoms with Crippen molar-refractivity contribution < 1.29 is 13.2 Å². The maximum Gasteiger partial charge on any atom is 0.247 e. The van der Waals surface area contributed by atoms with Crippen LogP contribution in [0.15, 0.2) is 47.8 Å². The van der Waals surface area contributed by atoms with Crippen LogP contribution in [-0.4, -0.2) is 51.9 Å². The molecule has 0 radical (unpaired) electrons. The van der Waals surface area contributed by atoms with E-state index in [-0.39, 0.29) is 17.0 Å². The van der Waals surface area contributed by atoms with Crippen LogP contribution in [0.5, 0.6) is 5.75 Å². The highest BCUT2D eigenvalue weighted by Gasteiger charge is 2.25. The number of ether oxygens (including phenoxy) is 1. The van der Waals surface area contributed by atoms with Gasteiger partial charge in [0.15, 0.2) is 11.4 Å². The summed E-state index contributed by atoms with van der Waals surface area (Å²) in [5.74, 6) is 0.977. The van der Waals surface area contributed by atoms with Crippen LogP contribution in [0, 0.1) is 6.92 Å². The summed E-state index contributed by atoms with van der Waals surface area (Å²) in [5, 5.41) is 14.6. The molecule has 0 amide bonds. The summed E-state index contributed by atoms with van der Waals surface area (Å²) in [7, 11) is -3.63. The van der Waals surface area contributed by atoms with E-state index in [0.717, 1.165) is 42.4 Å². The fourth-order valence-corrected chi connectivity index (χ4v) is 5.87. The van der Waals surface area contributed by atoms with Gasteiger partial charge in [0.2, 0.25) is 16.0 Å². The molecule has 3 aromatic heterocycles. The van der Waals surface area contributed by atoms with E-state index in [1.165, 1.54) is 0 Å². The van der Waals surface area contributed by atoms with Gasteiger partial charge < -0.3 is 15.8 Å². The highest BCUT2D eigenvalue weighted by molar-refractivity contribution is 7.89. The van der Waals surface area contributed by atoms with Crippen molar-refractivity contribution in [2.75, 3.05) is 11.9 Å². The minimum absolute atomic E-state index is 0.0819. The Labute approximate surface area is 209 Å². The molecule has 190 valence electrons. The number of aromatic nitrogens is 5. The third-order valence-corrected chi connectivity index (χ3v) is 7.93. The minimum atomic E-state index is -3.63. The number of sulfonamides is 1. The van der Waals surface area contributed by atoms with Gasteiger partial charge >= 0.3 is 0 Å². The maximum absolute atomic E-state index is 12.9. The third kappa shape index (κ3) is 4.92. The first-order valence-corrected chi connectivity index (χ1v) is 13.5. The Balaban J connectivity index is 1.38. The van der Waals surface area contributed by atoms with E-state index in [9.17, 15) is 8.42 Å². The maximum atomic E-state index is 12.9. The molecule has 11 nitrogen and oxygen atoms in total. The second-order valence-corrected chi connectivity index (χ2v) is 10.7. The average molecular weight is 511 g/mol. The predicted molar refractivity (Wildman–Crippen MR) is 137 cm³/mol. The van der Waals surface area contributed by atoms with Gasteiger partial charge in [0.05, 0.1) is 17.7 Å². The first kappa shape index (κ1) is 24.2. The van der Waals surface area contributed by atoms with Gasteiger partial charge in [0.1, 0.15) is 0 Å². The van der Waals surface area contributed by atoms with Gasteiger partial charge in [0.25, 0.3) is 0 Å². The van der Waals surface area contributed by atoms with Crippen molar-refractivity contribution in [1.82, 2.24) is 29.5 Å². The standard InChI is InChI=1S/C24H30N8O3S/c1-3-35-22-20(16-13-26-27-14-16)10-11-32-23(22)29-24(30-32)28-21-9-8-19(12-15(21)2)36(33,34)31-18-6-4-17(25)5-7-18/h8-14,17-18,31H,3-7,25H2,1-2H3,(H,26,27)(H,28,30)/t17-,18-. The van der Waals surface area contributed by atoms with Gasteiger partial charge in [0, 0.05) is 41.3 Å². The number of H-pyrrole nitrogens is 1. The molecule has 3 heterocycles. The summed E-state index contributed by atoms with van der Waals surface area (Å²) in [5.41, 5.74) is 9.71.